The lowest BCUT2D eigenvalue weighted by Crippen LogP contribution is -2.23. The summed E-state index contributed by atoms with van der Waals surface area (Å²) in [5.74, 6) is -1.63. The van der Waals surface area contributed by atoms with Gasteiger partial charge >= 0.3 is 12.5 Å². The summed E-state index contributed by atoms with van der Waals surface area (Å²) < 4.78 is 81.4. The van der Waals surface area contributed by atoms with Crippen LogP contribution in [0.25, 0.3) is 5.69 Å². The molecule has 0 spiro atoms. The number of nitrogens with one attached hydrogen (secondary N) is 1. The zero-order valence-electron chi connectivity index (χ0n) is 15.3. The van der Waals surface area contributed by atoms with E-state index in [1.807, 2.05) is 5.43 Å². The molecule has 0 fully saturated rings. The van der Waals surface area contributed by atoms with Gasteiger partial charge in [0.25, 0.3) is 5.91 Å². The van der Waals surface area contributed by atoms with E-state index < -0.39 is 35.5 Å². The summed E-state index contributed by atoms with van der Waals surface area (Å²) in [6.07, 6.45) is -7.91. The number of aromatic nitrogens is 2. The van der Waals surface area contributed by atoms with E-state index in [0.29, 0.717) is 4.68 Å². The number of hydrogen-bond donors (Lipinski definition) is 1. The molecule has 0 saturated carbocycles. The Morgan fingerprint density at radius 1 is 1.00 bits per heavy atom. The van der Waals surface area contributed by atoms with Crippen LogP contribution < -0.4 is 10.2 Å². The van der Waals surface area contributed by atoms with Crippen molar-refractivity contribution in [3.8, 4) is 11.4 Å². The average molecular weight is 442 g/mol. The van der Waals surface area contributed by atoms with E-state index in [0.717, 1.165) is 24.5 Å². The molecule has 1 heterocycles. The van der Waals surface area contributed by atoms with Gasteiger partial charge in [0.15, 0.2) is 5.69 Å². The third-order valence-corrected chi connectivity index (χ3v) is 3.78. The van der Waals surface area contributed by atoms with Crippen molar-refractivity contribution in [1.82, 2.24) is 15.2 Å². The van der Waals surface area contributed by atoms with Crippen LogP contribution in [0.3, 0.4) is 0 Å². The summed E-state index contributed by atoms with van der Waals surface area (Å²) in [6.45, 7) is 0. The highest BCUT2D eigenvalue weighted by Crippen LogP contribution is 2.33. The van der Waals surface area contributed by atoms with E-state index >= 15 is 0 Å². The highest BCUT2D eigenvalue weighted by atomic mass is 19.4. The number of para-hydroxylation sites is 1. The highest BCUT2D eigenvalue weighted by molar-refractivity contribution is 5.96. The number of alkyl halides is 6. The van der Waals surface area contributed by atoms with E-state index in [1.165, 1.54) is 36.4 Å². The van der Waals surface area contributed by atoms with Crippen molar-refractivity contribution >= 4 is 12.1 Å². The van der Waals surface area contributed by atoms with Crippen molar-refractivity contribution in [2.75, 3.05) is 0 Å². The lowest BCUT2D eigenvalue weighted by Gasteiger charge is -2.12. The first-order valence-corrected chi connectivity index (χ1v) is 8.44. The first kappa shape index (κ1) is 21.9. The van der Waals surface area contributed by atoms with Gasteiger partial charge in [0.05, 0.1) is 23.7 Å². The van der Waals surface area contributed by atoms with Gasteiger partial charge in [-0.3, -0.25) is 4.79 Å². The number of ether oxygens (including phenoxy) is 1. The molecule has 12 heteroatoms. The number of hydrogen-bond acceptors (Lipinski definition) is 4. The zero-order valence-corrected chi connectivity index (χ0v) is 15.3. The van der Waals surface area contributed by atoms with E-state index in [2.05, 4.69) is 14.9 Å². The highest BCUT2D eigenvalue weighted by Gasteiger charge is 2.40. The van der Waals surface area contributed by atoms with E-state index in [9.17, 15) is 31.1 Å². The smallest absolute Gasteiger partial charge is 0.406 e. The lowest BCUT2D eigenvalue weighted by molar-refractivity contribution is -0.274. The Balaban J connectivity index is 1.76. The Bertz CT molecular complexity index is 1070. The fourth-order valence-corrected chi connectivity index (χ4v) is 2.53. The lowest BCUT2D eigenvalue weighted by atomic mass is 10.2. The molecule has 3 aromatic rings. The molecule has 31 heavy (non-hydrogen) atoms. The SMILES string of the molecule is O=C(N/N=C\c1ccc(OC(F)(F)F)cc1)c1cnn(-c2ccccc2)c1C(F)(F)F. The molecule has 2 aromatic carbocycles. The van der Waals surface area contributed by atoms with Crippen LogP contribution in [0.15, 0.2) is 65.9 Å². The monoisotopic (exact) mass is 442 g/mol. The molecule has 0 aliphatic heterocycles. The van der Waals surface area contributed by atoms with Crippen molar-refractivity contribution in [3.05, 3.63) is 77.6 Å². The fraction of sp³-hybridized carbons (Fsp3) is 0.105. The summed E-state index contributed by atoms with van der Waals surface area (Å²) in [7, 11) is 0. The quantitative estimate of drug-likeness (QED) is 0.358. The summed E-state index contributed by atoms with van der Waals surface area (Å²) in [4.78, 5) is 12.2. The van der Waals surface area contributed by atoms with Gasteiger partial charge in [-0.05, 0) is 42.0 Å². The maximum Gasteiger partial charge on any atom is 0.573 e. The van der Waals surface area contributed by atoms with Crippen molar-refractivity contribution in [3.63, 3.8) is 0 Å². The first-order chi connectivity index (χ1) is 14.5. The minimum Gasteiger partial charge on any atom is -0.406 e. The minimum absolute atomic E-state index is 0.110. The molecule has 3 rings (SSSR count). The predicted molar refractivity (Wildman–Crippen MR) is 96.8 cm³/mol. The molecule has 0 bridgehead atoms. The molecule has 162 valence electrons. The first-order valence-electron chi connectivity index (χ1n) is 8.44. The van der Waals surface area contributed by atoms with Crippen molar-refractivity contribution < 1.29 is 35.9 Å². The Morgan fingerprint density at radius 2 is 1.65 bits per heavy atom. The second-order valence-electron chi connectivity index (χ2n) is 5.97. The number of nitrogens with zero attached hydrogens (tertiary/aromatic N) is 3. The minimum atomic E-state index is -4.88. The summed E-state index contributed by atoms with van der Waals surface area (Å²) in [6, 6.07) is 11.9. The van der Waals surface area contributed by atoms with E-state index in [-0.39, 0.29) is 11.3 Å². The van der Waals surface area contributed by atoms with E-state index in [4.69, 9.17) is 0 Å². The number of rotatable bonds is 5. The second kappa shape index (κ2) is 8.50. The van der Waals surface area contributed by atoms with Crippen LogP contribution in [0.2, 0.25) is 0 Å². The molecular formula is C19H12F6N4O2. The number of carbonyl (C=O) groups is 1. The molecule has 1 N–H and O–H groups in total. The topological polar surface area (TPSA) is 68.5 Å². The Hall–Kier alpha value is -3.83. The second-order valence-corrected chi connectivity index (χ2v) is 5.97. The van der Waals surface area contributed by atoms with Gasteiger partial charge < -0.3 is 4.74 Å². The molecule has 1 amide bonds. The molecule has 0 aliphatic rings. The summed E-state index contributed by atoms with van der Waals surface area (Å²) in [5, 5.41) is 7.19. The van der Waals surface area contributed by atoms with Crippen LogP contribution in [0.4, 0.5) is 26.3 Å². The standard InChI is InChI=1S/C19H12F6N4O2/c20-18(21,22)16-15(11-27-29(16)13-4-2-1-3-5-13)17(30)28-26-10-12-6-8-14(9-7-12)31-19(23,24)25/h1-11H,(H,28,30)/b26-10-. The average Bonchev–Trinajstić information content (AvgIpc) is 3.15. The maximum atomic E-state index is 13.6. The van der Waals surface area contributed by atoms with Crippen LogP contribution in [0.1, 0.15) is 21.6 Å². The van der Waals surface area contributed by atoms with Crippen molar-refractivity contribution in [2.45, 2.75) is 12.5 Å². The van der Waals surface area contributed by atoms with Gasteiger partial charge in [0, 0.05) is 0 Å². The summed E-state index contributed by atoms with van der Waals surface area (Å²) in [5.41, 5.74) is 0.297. The van der Waals surface area contributed by atoms with E-state index in [1.54, 1.807) is 6.07 Å². The van der Waals surface area contributed by atoms with Gasteiger partial charge in [-0.25, -0.2) is 10.1 Å². The molecule has 6 nitrogen and oxygen atoms in total. The Kier molecular flexibility index (Phi) is 5.99. The number of hydrazone groups is 1. The Morgan fingerprint density at radius 3 is 2.23 bits per heavy atom. The van der Waals surface area contributed by atoms with Gasteiger partial charge in [0.2, 0.25) is 0 Å². The summed E-state index contributed by atoms with van der Waals surface area (Å²) >= 11 is 0. The number of amides is 1. The third-order valence-electron chi connectivity index (χ3n) is 3.78. The number of carbonyl (C=O) groups excluding carboxylic acids is 1. The molecule has 0 unspecified atom stereocenters. The molecule has 0 saturated heterocycles. The molecular weight excluding hydrogens is 430 g/mol. The molecule has 0 atom stereocenters. The van der Waals surface area contributed by atoms with Gasteiger partial charge in [-0.2, -0.15) is 23.4 Å². The van der Waals surface area contributed by atoms with Crippen LogP contribution >= 0.6 is 0 Å². The van der Waals surface area contributed by atoms with Crippen LogP contribution in [0, 0.1) is 0 Å². The largest absolute Gasteiger partial charge is 0.573 e. The molecule has 1 aromatic heterocycles. The zero-order chi connectivity index (χ0) is 22.6. The molecule has 0 aliphatic carbocycles. The van der Waals surface area contributed by atoms with Crippen molar-refractivity contribution in [2.24, 2.45) is 5.10 Å². The van der Waals surface area contributed by atoms with Crippen LogP contribution in [-0.4, -0.2) is 28.3 Å². The van der Waals surface area contributed by atoms with Crippen molar-refractivity contribution in [1.29, 1.82) is 0 Å². The van der Waals surface area contributed by atoms with Gasteiger partial charge in [0.1, 0.15) is 5.75 Å². The number of halogens is 6. The predicted octanol–water partition coefficient (Wildman–Crippen LogP) is 4.55. The third kappa shape index (κ3) is 5.62. The van der Waals surface area contributed by atoms with Gasteiger partial charge in [-0.15, -0.1) is 13.2 Å². The maximum absolute atomic E-state index is 13.6. The van der Waals surface area contributed by atoms with Crippen LogP contribution in [0.5, 0.6) is 5.75 Å². The normalized spacial score (nSPS) is 12.2. The number of benzene rings is 2. The van der Waals surface area contributed by atoms with Gasteiger partial charge in [-0.1, -0.05) is 18.2 Å². The Labute approximate surface area is 170 Å². The fourth-order valence-electron chi connectivity index (χ4n) is 2.53. The van der Waals surface area contributed by atoms with Crippen LogP contribution in [-0.2, 0) is 6.18 Å². The molecule has 0 radical (unpaired) electrons.